The molecule has 3 N–H and O–H groups in total. The number of piperidine rings is 1. The highest BCUT2D eigenvalue weighted by atomic mass is 16.2. The van der Waals surface area contributed by atoms with Gasteiger partial charge in [0.15, 0.2) is 0 Å². The zero-order chi connectivity index (χ0) is 11.3. The first-order chi connectivity index (χ1) is 7.15. The number of hydrogen-bond acceptors (Lipinski definition) is 3. The highest BCUT2D eigenvalue weighted by molar-refractivity contribution is 5.80. The van der Waals surface area contributed by atoms with Gasteiger partial charge in [-0.1, -0.05) is 0 Å². The molecule has 15 heavy (non-hydrogen) atoms. The van der Waals surface area contributed by atoms with Gasteiger partial charge in [-0.25, -0.2) is 0 Å². The Hall–Kier alpha value is -1.10. The van der Waals surface area contributed by atoms with Crippen molar-refractivity contribution in [1.82, 2.24) is 10.2 Å². The molecule has 1 rings (SSSR count). The molecule has 5 heteroatoms. The molecule has 2 amide bonds. The zero-order valence-electron chi connectivity index (χ0n) is 9.16. The summed E-state index contributed by atoms with van der Waals surface area (Å²) in [6.07, 6.45) is 2.17. The predicted octanol–water partition coefficient (Wildman–Crippen LogP) is -0.680. The van der Waals surface area contributed by atoms with Crippen LogP contribution in [0.2, 0.25) is 0 Å². The maximum atomic E-state index is 11.7. The van der Waals surface area contributed by atoms with E-state index >= 15 is 0 Å². The third kappa shape index (κ3) is 3.51. The van der Waals surface area contributed by atoms with Crippen molar-refractivity contribution in [1.29, 1.82) is 0 Å². The largest absolute Gasteiger partial charge is 0.369 e. The van der Waals surface area contributed by atoms with Gasteiger partial charge in [-0.15, -0.1) is 0 Å². The van der Waals surface area contributed by atoms with Crippen LogP contribution in [0.1, 0.15) is 19.3 Å². The number of hydrogen-bond donors (Lipinski definition) is 2. The first-order valence-electron chi connectivity index (χ1n) is 5.37. The van der Waals surface area contributed by atoms with Gasteiger partial charge in [0.25, 0.3) is 0 Å². The van der Waals surface area contributed by atoms with Gasteiger partial charge in [0.1, 0.15) is 0 Å². The van der Waals surface area contributed by atoms with Gasteiger partial charge in [0.05, 0.1) is 5.92 Å². The minimum absolute atomic E-state index is 0.107. The molecule has 1 aliphatic heterocycles. The summed E-state index contributed by atoms with van der Waals surface area (Å²) in [5, 5.41) is 2.93. The van der Waals surface area contributed by atoms with Crippen LogP contribution in [-0.2, 0) is 9.59 Å². The van der Waals surface area contributed by atoms with Crippen LogP contribution in [0.4, 0.5) is 0 Å². The summed E-state index contributed by atoms with van der Waals surface area (Å²) in [5.74, 6) is -0.339. The molecule has 0 aromatic carbocycles. The molecule has 1 unspecified atom stereocenters. The second-order valence-corrected chi connectivity index (χ2v) is 3.93. The third-order valence-corrected chi connectivity index (χ3v) is 2.77. The molecule has 5 nitrogen and oxygen atoms in total. The number of carbonyl (C=O) groups is 2. The van der Waals surface area contributed by atoms with E-state index in [0.29, 0.717) is 19.5 Å². The van der Waals surface area contributed by atoms with E-state index < -0.39 is 0 Å². The van der Waals surface area contributed by atoms with Crippen molar-refractivity contribution < 1.29 is 9.59 Å². The normalized spacial score (nSPS) is 21.4. The van der Waals surface area contributed by atoms with Crippen molar-refractivity contribution in [3.8, 4) is 0 Å². The highest BCUT2D eigenvalue weighted by Crippen LogP contribution is 2.16. The minimum atomic E-state index is -0.291. The van der Waals surface area contributed by atoms with Gasteiger partial charge in [-0.05, 0) is 19.9 Å². The molecule has 0 aliphatic carbocycles. The van der Waals surface area contributed by atoms with E-state index in [-0.39, 0.29) is 17.7 Å². The number of nitrogens with one attached hydrogen (secondary N) is 1. The predicted molar refractivity (Wildman–Crippen MR) is 57.0 cm³/mol. The van der Waals surface area contributed by atoms with Crippen LogP contribution < -0.4 is 11.1 Å². The molecule has 1 aliphatic rings. The van der Waals surface area contributed by atoms with Crippen molar-refractivity contribution >= 4 is 11.8 Å². The molecule has 0 radical (unpaired) electrons. The Morgan fingerprint density at radius 3 is 2.87 bits per heavy atom. The Labute approximate surface area is 90.0 Å². The Morgan fingerprint density at radius 2 is 2.27 bits per heavy atom. The first-order valence-corrected chi connectivity index (χ1v) is 5.37. The molecule has 86 valence electrons. The lowest BCUT2D eigenvalue weighted by Gasteiger charge is -2.31. The van der Waals surface area contributed by atoms with Crippen LogP contribution in [0.25, 0.3) is 0 Å². The summed E-state index contributed by atoms with van der Waals surface area (Å²) in [7, 11) is 1.82. The number of nitrogens with two attached hydrogens (primary N) is 1. The van der Waals surface area contributed by atoms with E-state index in [9.17, 15) is 9.59 Å². The van der Waals surface area contributed by atoms with Gasteiger partial charge >= 0.3 is 0 Å². The molecule has 0 aromatic heterocycles. The quantitative estimate of drug-likeness (QED) is 0.649. The molecular weight excluding hydrogens is 194 g/mol. The Morgan fingerprint density at radius 1 is 1.53 bits per heavy atom. The van der Waals surface area contributed by atoms with Crippen LogP contribution in [0.5, 0.6) is 0 Å². The SMILES string of the molecule is CNCCC(=O)N1CCCC(C(N)=O)C1. The fraction of sp³-hybridized carbons (Fsp3) is 0.800. The number of amides is 2. The topological polar surface area (TPSA) is 75.4 Å². The molecule has 1 fully saturated rings. The van der Waals surface area contributed by atoms with Gasteiger partial charge in [0, 0.05) is 26.1 Å². The molecule has 0 aromatic rings. The lowest BCUT2D eigenvalue weighted by Crippen LogP contribution is -2.44. The second kappa shape index (κ2) is 5.70. The van der Waals surface area contributed by atoms with E-state index in [2.05, 4.69) is 5.32 Å². The minimum Gasteiger partial charge on any atom is -0.369 e. The molecule has 1 heterocycles. The van der Waals surface area contributed by atoms with E-state index in [1.165, 1.54) is 0 Å². The van der Waals surface area contributed by atoms with E-state index in [1.54, 1.807) is 4.90 Å². The summed E-state index contributed by atoms with van der Waals surface area (Å²) in [4.78, 5) is 24.4. The average molecular weight is 213 g/mol. The number of nitrogens with zero attached hydrogens (tertiary/aromatic N) is 1. The first kappa shape index (κ1) is 12.0. The van der Waals surface area contributed by atoms with Crippen LogP contribution in [0, 0.1) is 5.92 Å². The van der Waals surface area contributed by atoms with Crippen LogP contribution in [0.3, 0.4) is 0 Å². The molecule has 0 saturated carbocycles. The molecule has 0 spiro atoms. The lowest BCUT2D eigenvalue weighted by atomic mass is 9.97. The lowest BCUT2D eigenvalue weighted by molar-refractivity contribution is -0.134. The Bertz CT molecular complexity index is 243. The molecule has 1 saturated heterocycles. The summed E-state index contributed by atoms with van der Waals surface area (Å²) in [6, 6.07) is 0. The smallest absolute Gasteiger partial charge is 0.223 e. The molecular formula is C10H19N3O2. The number of rotatable bonds is 4. The monoisotopic (exact) mass is 213 g/mol. The summed E-state index contributed by atoms with van der Waals surface area (Å²) in [5.41, 5.74) is 5.24. The standard InChI is InChI=1S/C10H19N3O2/c1-12-5-4-9(14)13-6-2-3-8(7-13)10(11)15/h8,12H,2-7H2,1H3,(H2,11,15). The van der Waals surface area contributed by atoms with Crippen molar-refractivity contribution in [2.45, 2.75) is 19.3 Å². The Balaban J connectivity index is 2.41. The van der Waals surface area contributed by atoms with Crippen molar-refractivity contribution in [3.63, 3.8) is 0 Å². The van der Waals surface area contributed by atoms with Gasteiger partial charge in [0.2, 0.25) is 11.8 Å². The second-order valence-electron chi connectivity index (χ2n) is 3.93. The number of likely N-dealkylation sites (tertiary alicyclic amines) is 1. The molecule has 1 atom stereocenters. The van der Waals surface area contributed by atoms with Crippen LogP contribution in [0.15, 0.2) is 0 Å². The van der Waals surface area contributed by atoms with Crippen molar-refractivity contribution in [2.24, 2.45) is 11.7 Å². The van der Waals surface area contributed by atoms with Crippen molar-refractivity contribution in [2.75, 3.05) is 26.7 Å². The third-order valence-electron chi connectivity index (χ3n) is 2.77. The van der Waals surface area contributed by atoms with E-state index in [1.807, 2.05) is 7.05 Å². The van der Waals surface area contributed by atoms with Gasteiger partial charge < -0.3 is 16.0 Å². The maximum absolute atomic E-state index is 11.7. The summed E-state index contributed by atoms with van der Waals surface area (Å²) >= 11 is 0. The fourth-order valence-corrected chi connectivity index (χ4v) is 1.83. The van der Waals surface area contributed by atoms with Gasteiger partial charge in [-0.3, -0.25) is 9.59 Å². The van der Waals surface area contributed by atoms with Crippen molar-refractivity contribution in [3.05, 3.63) is 0 Å². The fourth-order valence-electron chi connectivity index (χ4n) is 1.83. The highest BCUT2D eigenvalue weighted by Gasteiger charge is 2.26. The molecule has 0 bridgehead atoms. The van der Waals surface area contributed by atoms with Crippen LogP contribution >= 0.6 is 0 Å². The average Bonchev–Trinajstić information content (AvgIpc) is 2.26. The maximum Gasteiger partial charge on any atom is 0.223 e. The van der Waals surface area contributed by atoms with E-state index in [4.69, 9.17) is 5.73 Å². The van der Waals surface area contributed by atoms with Crippen LogP contribution in [-0.4, -0.2) is 43.4 Å². The van der Waals surface area contributed by atoms with Gasteiger partial charge in [-0.2, -0.15) is 0 Å². The number of carbonyl (C=O) groups excluding carboxylic acids is 2. The number of primary amides is 1. The Kier molecular flexibility index (Phi) is 4.55. The van der Waals surface area contributed by atoms with E-state index in [0.717, 1.165) is 19.4 Å². The summed E-state index contributed by atoms with van der Waals surface area (Å²) < 4.78 is 0. The zero-order valence-corrected chi connectivity index (χ0v) is 9.16. The summed E-state index contributed by atoms with van der Waals surface area (Å²) in [6.45, 7) is 1.93.